The molecule has 1 heterocycles. The third-order valence-electron chi connectivity index (χ3n) is 2.18. The molecule has 2 rings (SSSR count). The Kier molecular flexibility index (Phi) is 3.71. The van der Waals surface area contributed by atoms with E-state index in [1.165, 1.54) is 18.2 Å². The third-order valence-corrected chi connectivity index (χ3v) is 2.87. The Morgan fingerprint density at radius 3 is 2.94 bits per heavy atom. The Morgan fingerprint density at radius 1 is 1.44 bits per heavy atom. The van der Waals surface area contributed by atoms with Crippen molar-refractivity contribution in [1.82, 2.24) is 10.2 Å². The van der Waals surface area contributed by atoms with Crippen molar-refractivity contribution in [2.24, 2.45) is 0 Å². The van der Waals surface area contributed by atoms with Gasteiger partial charge in [0.05, 0.1) is 12.0 Å². The molecule has 0 bridgehead atoms. The molecule has 0 aliphatic heterocycles. The summed E-state index contributed by atoms with van der Waals surface area (Å²) < 4.78 is 19.0. The molecule has 18 heavy (non-hydrogen) atoms. The number of aliphatic carboxylic acids is 1. The molecule has 1 aromatic heterocycles. The van der Waals surface area contributed by atoms with Gasteiger partial charge in [-0.05, 0) is 34.1 Å². The molecule has 1 aromatic carbocycles. The standard InChI is InChI=1S/C11H8BrFN2O3/c12-8-2-1-6(13)5-7(8)11-15-14-9(18-11)3-4-10(16)17/h1-2,5H,3-4H2,(H,16,17). The van der Waals surface area contributed by atoms with E-state index >= 15 is 0 Å². The van der Waals surface area contributed by atoms with Crippen LogP contribution in [0.3, 0.4) is 0 Å². The van der Waals surface area contributed by atoms with E-state index in [4.69, 9.17) is 9.52 Å². The van der Waals surface area contributed by atoms with Crippen LogP contribution in [0, 0.1) is 5.82 Å². The predicted molar refractivity (Wildman–Crippen MR) is 63.3 cm³/mol. The average molecular weight is 315 g/mol. The van der Waals surface area contributed by atoms with Crippen molar-refractivity contribution in [3.05, 3.63) is 34.4 Å². The molecule has 94 valence electrons. The molecule has 0 radical (unpaired) electrons. The third kappa shape index (κ3) is 2.92. The Balaban J connectivity index is 2.23. The Bertz CT molecular complexity index is 585. The lowest BCUT2D eigenvalue weighted by Gasteiger charge is -1.98. The van der Waals surface area contributed by atoms with Gasteiger partial charge in [0.1, 0.15) is 5.82 Å². The van der Waals surface area contributed by atoms with Crippen LogP contribution in [-0.4, -0.2) is 21.3 Å². The minimum absolute atomic E-state index is 0.0913. The maximum atomic E-state index is 13.1. The van der Waals surface area contributed by atoms with Crippen LogP contribution in [0.4, 0.5) is 4.39 Å². The van der Waals surface area contributed by atoms with Crippen LogP contribution in [0.5, 0.6) is 0 Å². The second-order valence-corrected chi connectivity index (χ2v) is 4.37. The number of benzene rings is 1. The molecule has 0 amide bonds. The first kappa shape index (κ1) is 12.7. The summed E-state index contributed by atoms with van der Waals surface area (Å²) in [6, 6.07) is 4.10. The first-order valence-corrected chi connectivity index (χ1v) is 5.85. The summed E-state index contributed by atoms with van der Waals surface area (Å²) in [5, 5.41) is 16.0. The summed E-state index contributed by atoms with van der Waals surface area (Å²) in [6.07, 6.45) is 0.0568. The molecular weight excluding hydrogens is 307 g/mol. The van der Waals surface area contributed by atoms with Gasteiger partial charge in [0.25, 0.3) is 0 Å². The van der Waals surface area contributed by atoms with E-state index in [9.17, 15) is 9.18 Å². The fourth-order valence-corrected chi connectivity index (χ4v) is 1.75. The van der Waals surface area contributed by atoms with E-state index in [1.807, 2.05) is 0 Å². The lowest BCUT2D eigenvalue weighted by molar-refractivity contribution is -0.137. The predicted octanol–water partition coefficient (Wildman–Crippen LogP) is 2.66. The fourth-order valence-electron chi connectivity index (χ4n) is 1.34. The van der Waals surface area contributed by atoms with Gasteiger partial charge in [-0.1, -0.05) is 0 Å². The quantitative estimate of drug-likeness (QED) is 0.938. The molecule has 1 N–H and O–H groups in total. The molecule has 5 nitrogen and oxygen atoms in total. The molecule has 0 fully saturated rings. The zero-order chi connectivity index (χ0) is 13.1. The molecule has 0 aliphatic rings. The van der Waals surface area contributed by atoms with Crippen LogP contribution < -0.4 is 0 Å². The largest absolute Gasteiger partial charge is 0.481 e. The van der Waals surface area contributed by atoms with Crippen molar-refractivity contribution in [2.75, 3.05) is 0 Å². The molecule has 0 saturated heterocycles. The molecule has 0 saturated carbocycles. The number of rotatable bonds is 4. The monoisotopic (exact) mass is 314 g/mol. The summed E-state index contributed by atoms with van der Waals surface area (Å²) in [5.74, 6) is -0.995. The highest BCUT2D eigenvalue weighted by atomic mass is 79.9. The first-order valence-electron chi connectivity index (χ1n) is 5.06. The van der Waals surface area contributed by atoms with Gasteiger partial charge >= 0.3 is 5.97 Å². The van der Waals surface area contributed by atoms with Crippen LogP contribution in [0.25, 0.3) is 11.5 Å². The molecular formula is C11H8BrFN2O3. The minimum atomic E-state index is -0.943. The normalized spacial score (nSPS) is 10.6. The summed E-state index contributed by atoms with van der Waals surface area (Å²) in [5.41, 5.74) is 0.434. The van der Waals surface area contributed by atoms with Crippen molar-refractivity contribution in [3.8, 4) is 11.5 Å². The highest BCUT2D eigenvalue weighted by molar-refractivity contribution is 9.10. The van der Waals surface area contributed by atoms with Crippen molar-refractivity contribution in [1.29, 1.82) is 0 Å². The maximum Gasteiger partial charge on any atom is 0.303 e. The lowest BCUT2D eigenvalue weighted by atomic mass is 10.2. The molecule has 0 unspecified atom stereocenters. The van der Waals surface area contributed by atoms with Gasteiger partial charge in [0.2, 0.25) is 11.8 Å². The highest BCUT2D eigenvalue weighted by Crippen LogP contribution is 2.28. The van der Waals surface area contributed by atoms with Crippen LogP contribution >= 0.6 is 15.9 Å². The topological polar surface area (TPSA) is 76.2 Å². The van der Waals surface area contributed by atoms with Crippen LogP contribution in [0.2, 0.25) is 0 Å². The van der Waals surface area contributed by atoms with Crippen molar-refractivity contribution in [3.63, 3.8) is 0 Å². The van der Waals surface area contributed by atoms with E-state index in [0.717, 1.165) is 0 Å². The van der Waals surface area contributed by atoms with Gasteiger partial charge in [-0.25, -0.2) is 4.39 Å². The second-order valence-electron chi connectivity index (χ2n) is 3.52. The van der Waals surface area contributed by atoms with Gasteiger partial charge in [-0.2, -0.15) is 0 Å². The summed E-state index contributed by atoms with van der Waals surface area (Å²) in [4.78, 5) is 10.4. The second kappa shape index (κ2) is 5.26. The van der Waals surface area contributed by atoms with E-state index in [2.05, 4.69) is 26.1 Å². The number of aryl methyl sites for hydroxylation is 1. The number of carbonyl (C=O) groups is 1. The smallest absolute Gasteiger partial charge is 0.303 e. The molecule has 0 atom stereocenters. The summed E-state index contributed by atoms with van der Waals surface area (Å²) >= 11 is 3.25. The van der Waals surface area contributed by atoms with Crippen LogP contribution in [0.1, 0.15) is 12.3 Å². The molecule has 7 heteroatoms. The van der Waals surface area contributed by atoms with Crippen LogP contribution in [0.15, 0.2) is 27.1 Å². The van der Waals surface area contributed by atoms with Gasteiger partial charge in [-0.3, -0.25) is 4.79 Å². The maximum absolute atomic E-state index is 13.1. The number of carboxylic acid groups (broad SMARTS) is 1. The van der Waals surface area contributed by atoms with E-state index in [-0.39, 0.29) is 24.6 Å². The van der Waals surface area contributed by atoms with E-state index in [0.29, 0.717) is 10.0 Å². The van der Waals surface area contributed by atoms with E-state index < -0.39 is 11.8 Å². The highest BCUT2D eigenvalue weighted by Gasteiger charge is 2.13. The van der Waals surface area contributed by atoms with Gasteiger partial charge in [0.15, 0.2) is 0 Å². The molecule has 0 spiro atoms. The zero-order valence-corrected chi connectivity index (χ0v) is 10.6. The van der Waals surface area contributed by atoms with Crippen molar-refractivity contribution in [2.45, 2.75) is 12.8 Å². The fraction of sp³-hybridized carbons (Fsp3) is 0.182. The minimum Gasteiger partial charge on any atom is -0.481 e. The van der Waals surface area contributed by atoms with Crippen molar-refractivity contribution >= 4 is 21.9 Å². The SMILES string of the molecule is O=C(O)CCc1nnc(-c2cc(F)ccc2Br)o1. The Labute approximate surface area is 110 Å². The molecule has 0 aliphatic carbocycles. The number of halogens is 2. The number of aromatic nitrogens is 2. The van der Waals surface area contributed by atoms with E-state index in [1.54, 1.807) is 0 Å². The number of hydrogen-bond donors (Lipinski definition) is 1. The van der Waals surface area contributed by atoms with Gasteiger partial charge < -0.3 is 9.52 Å². The first-order chi connectivity index (χ1) is 8.56. The number of hydrogen-bond acceptors (Lipinski definition) is 4. The summed E-state index contributed by atoms with van der Waals surface area (Å²) in [6.45, 7) is 0. The summed E-state index contributed by atoms with van der Waals surface area (Å²) in [7, 11) is 0. The van der Waals surface area contributed by atoms with Crippen molar-refractivity contribution < 1.29 is 18.7 Å². The van der Waals surface area contributed by atoms with Gasteiger partial charge in [0, 0.05) is 10.9 Å². The van der Waals surface area contributed by atoms with Crippen LogP contribution in [-0.2, 0) is 11.2 Å². The Morgan fingerprint density at radius 2 is 2.22 bits per heavy atom. The average Bonchev–Trinajstić information content (AvgIpc) is 2.78. The Hall–Kier alpha value is -1.76. The van der Waals surface area contributed by atoms with Gasteiger partial charge in [-0.15, -0.1) is 10.2 Å². The number of nitrogens with zero attached hydrogens (tertiary/aromatic N) is 2. The number of carboxylic acids is 1. The lowest BCUT2D eigenvalue weighted by Crippen LogP contribution is -1.97. The molecule has 2 aromatic rings. The zero-order valence-electron chi connectivity index (χ0n) is 9.06.